The number of nitrogens with one attached hydrogen (secondary N) is 1. The highest BCUT2D eigenvalue weighted by Gasteiger charge is 2.12. The number of hydrogen-bond acceptors (Lipinski definition) is 1. The molecule has 1 N–H and O–H groups in total. The average molecular weight is 272 g/mol. The number of fused-ring (bicyclic) bond motifs is 1. The Hall–Kier alpha value is -1.93. The van der Waals surface area contributed by atoms with Crippen molar-refractivity contribution in [3.05, 3.63) is 65.3 Å². The van der Waals surface area contributed by atoms with Gasteiger partial charge in [-0.05, 0) is 31.2 Å². The maximum atomic E-state index is 5.96. The fraction of sp³-hybridized carbons (Fsp3) is 0.125. The van der Waals surface area contributed by atoms with E-state index in [0.717, 1.165) is 16.8 Å². The first-order valence-electron chi connectivity index (χ1n) is 6.22. The fourth-order valence-corrected chi connectivity index (χ4v) is 2.42. The Bertz CT molecular complexity index is 705. The van der Waals surface area contributed by atoms with Gasteiger partial charge >= 0.3 is 0 Å². The van der Waals surface area contributed by atoms with Gasteiger partial charge in [0.05, 0.1) is 0 Å². The van der Waals surface area contributed by atoms with Crippen LogP contribution in [0.15, 0.2) is 54.7 Å². The zero-order chi connectivity index (χ0) is 13.2. The van der Waals surface area contributed by atoms with E-state index in [0.29, 0.717) is 5.02 Å². The molecule has 3 heteroatoms. The molecule has 0 saturated carbocycles. The van der Waals surface area contributed by atoms with Crippen LogP contribution in [0.2, 0.25) is 5.02 Å². The molecule has 0 saturated heterocycles. The molecule has 0 aliphatic carbocycles. The van der Waals surface area contributed by atoms with Crippen molar-refractivity contribution in [1.29, 1.82) is 0 Å². The predicted octanol–water partition coefficient (Wildman–Crippen LogP) is 4.96. The average Bonchev–Trinajstić information content (AvgIpc) is 2.82. The SMILES string of the molecule is CC(Oc1cccc(Cl)c1)c1c[nH]c2ccccc12. The number of aromatic nitrogens is 1. The molecule has 0 aliphatic heterocycles. The van der Waals surface area contributed by atoms with Crippen LogP contribution in [-0.2, 0) is 0 Å². The molecule has 0 fully saturated rings. The molecule has 1 aromatic heterocycles. The van der Waals surface area contributed by atoms with E-state index >= 15 is 0 Å². The molecule has 1 atom stereocenters. The van der Waals surface area contributed by atoms with E-state index in [1.165, 1.54) is 5.39 Å². The summed E-state index contributed by atoms with van der Waals surface area (Å²) >= 11 is 5.96. The highest BCUT2D eigenvalue weighted by molar-refractivity contribution is 6.30. The minimum Gasteiger partial charge on any atom is -0.486 e. The van der Waals surface area contributed by atoms with Gasteiger partial charge in [-0.2, -0.15) is 0 Å². The van der Waals surface area contributed by atoms with Crippen molar-refractivity contribution in [2.45, 2.75) is 13.0 Å². The lowest BCUT2D eigenvalue weighted by molar-refractivity contribution is 0.228. The first-order chi connectivity index (χ1) is 9.24. The van der Waals surface area contributed by atoms with Gasteiger partial charge in [-0.3, -0.25) is 0 Å². The number of ether oxygens (including phenoxy) is 1. The van der Waals surface area contributed by atoms with E-state index in [1.54, 1.807) is 0 Å². The van der Waals surface area contributed by atoms with Gasteiger partial charge in [-0.15, -0.1) is 0 Å². The number of rotatable bonds is 3. The molecule has 96 valence electrons. The zero-order valence-electron chi connectivity index (χ0n) is 10.6. The summed E-state index contributed by atoms with van der Waals surface area (Å²) in [4.78, 5) is 3.26. The molecule has 0 spiro atoms. The third kappa shape index (κ3) is 2.45. The number of hydrogen-bond donors (Lipinski definition) is 1. The van der Waals surface area contributed by atoms with Crippen LogP contribution in [0, 0.1) is 0 Å². The topological polar surface area (TPSA) is 25.0 Å². The van der Waals surface area contributed by atoms with Crippen LogP contribution in [0.4, 0.5) is 0 Å². The van der Waals surface area contributed by atoms with Gasteiger partial charge in [0.2, 0.25) is 0 Å². The lowest BCUT2D eigenvalue weighted by Crippen LogP contribution is -2.02. The molecule has 3 aromatic rings. The van der Waals surface area contributed by atoms with Gasteiger partial charge in [0.25, 0.3) is 0 Å². The van der Waals surface area contributed by atoms with E-state index in [1.807, 2.05) is 49.5 Å². The predicted molar refractivity (Wildman–Crippen MR) is 78.8 cm³/mol. The largest absolute Gasteiger partial charge is 0.486 e. The maximum absolute atomic E-state index is 5.96. The van der Waals surface area contributed by atoms with Crippen molar-refractivity contribution >= 4 is 22.5 Å². The van der Waals surface area contributed by atoms with Crippen LogP contribution in [0.5, 0.6) is 5.75 Å². The molecule has 0 aliphatic rings. The number of halogens is 1. The Morgan fingerprint density at radius 1 is 1.11 bits per heavy atom. The van der Waals surface area contributed by atoms with Crippen LogP contribution in [-0.4, -0.2) is 4.98 Å². The summed E-state index contributed by atoms with van der Waals surface area (Å²) in [7, 11) is 0. The minimum absolute atomic E-state index is 0.0328. The number of H-pyrrole nitrogens is 1. The van der Waals surface area contributed by atoms with Gasteiger partial charge in [-0.25, -0.2) is 0 Å². The Labute approximate surface area is 117 Å². The molecular weight excluding hydrogens is 258 g/mol. The van der Waals surface area contributed by atoms with E-state index in [4.69, 9.17) is 16.3 Å². The molecule has 0 amide bonds. The summed E-state index contributed by atoms with van der Waals surface area (Å²) in [6, 6.07) is 15.7. The van der Waals surface area contributed by atoms with Crippen LogP contribution < -0.4 is 4.74 Å². The molecule has 0 bridgehead atoms. The Morgan fingerprint density at radius 3 is 2.79 bits per heavy atom. The third-order valence-electron chi connectivity index (χ3n) is 3.17. The van der Waals surface area contributed by atoms with Crippen molar-refractivity contribution in [1.82, 2.24) is 4.98 Å². The Morgan fingerprint density at radius 2 is 1.95 bits per heavy atom. The highest BCUT2D eigenvalue weighted by atomic mass is 35.5. The second-order valence-electron chi connectivity index (χ2n) is 4.51. The monoisotopic (exact) mass is 271 g/mol. The van der Waals surface area contributed by atoms with Crippen LogP contribution in [0.1, 0.15) is 18.6 Å². The summed E-state index contributed by atoms with van der Waals surface area (Å²) in [5.41, 5.74) is 2.27. The Kier molecular flexibility index (Phi) is 3.18. The lowest BCUT2D eigenvalue weighted by atomic mass is 10.1. The Balaban J connectivity index is 1.90. The van der Waals surface area contributed by atoms with Crippen molar-refractivity contribution < 1.29 is 4.74 Å². The van der Waals surface area contributed by atoms with Gasteiger partial charge in [-0.1, -0.05) is 35.9 Å². The molecule has 2 nitrogen and oxygen atoms in total. The van der Waals surface area contributed by atoms with Crippen LogP contribution in [0.25, 0.3) is 10.9 Å². The maximum Gasteiger partial charge on any atom is 0.123 e. The molecule has 0 radical (unpaired) electrons. The van der Waals surface area contributed by atoms with Gasteiger partial charge in [0.1, 0.15) is 11.9 Å². The smallest absolute Gasteiger partial charge is 0.123 e. The van der Waals surface area contributed by atoms with Crippen LogP contribution >= 0.6 is 11.6 Å². The molecular formula is C16H14ClNO. The first-order valence-corrected chi connectivity index (χ1v) is 6.60. The van der Waals surface area contributed by atoms with E-state index < -0.39 is 0 Å². The van der Waals surface area contributed by atoms with Crippen LogP contribution in [0.3, 0.4) is 0 Å². The second-order valence-corrected chi connectivity index (χ2v) is 4.94. The molecule has 1 heterocycles. The minimum atomic E-state index is -0.0328. The van der Waals surface area contributed by atoms with Crippen molar-refractivity contribution in [3.8, 4) is 5.75 Å². The fourth-order valence-electron chi connectivity index (χ4n) is 2.24. The zero-order valence-corrected chi connectivity index (χ0v) is 11.3. The lowest BCUT2D eigenvalue weighted by Gasteiger charge is -2.14. The van der Waals surface area contributed by atoms with E-state index in [9.17, 15) is 0 Å². The highest BCUT2D eigenvalue weighted by Crippen LogP contribution is 2.28. The van der Waals surface area contributed by atoms with Gasteiger partial charge in [0, 0.05) is 27.7 Å². The standard InChI is InChI=1S/C16H14ClNO/c1-11(19-13-6-4-5-12(17)9-13)15-10-18-16-8-3-2-7-14(15)16/h2-11,18H,1H3. The summed E-state index contributed by atoms with van der Waals surface area (Å²) < 4.78 is 5.94. The number of para-hydroxylation sites is 1. The summed E-state index contributed by atoms with van der Waals surface area (Å²) in [6.45, 7) is 2.04. The third-order valence-corrected chi connectivity index (χ3v) is 3.40. The van der Waals surface area contributed by atoms with Crippen molar-refractivity contribution in [2.24, 2.45) is 0 Å². The summed E-state index contributed by atoms with van der Waals surface area (Å²) in [6.07, 6.45) is 1.97. The van der Waals surface area contributed by atoms with Gasteiger partial charge < -0.3 is 9.72 Å². The normalized spacial score (nSPS) is 12.5. The number of aromatic amines is 1. The van der Waals surface area contributed by atoms with E-state index in [2.05, 4.69) is 17.1 Å². The van der Waals surface area contributed by atoms with Gasteiger partial charge in [0.15, 0.2) is 0 Å². The van der Waals surface area contributed by atoms with Crippen molar-refractivity contribution in [2.75, 3.05) is 0 Å². The molecule has 2 aromatic carbocycles. The quantitative estimate of drug-likeness (QED) is 0.715. The molecule has 3 rings (SSSR count). The summed E-state index contributed by atoms with van der Waals surface area (Å²) in [5.74, 6) is 0.783. The number of benzene rings is 2. The first kappa shape index (κ1) is 12.1. The second kappa shape index (κ2) is 4.98. The van der Waals surface area contributed by atoms with Crippen molar-refractivity contribution in [3.63, 3.8) is 0 Å². The summed E-state index contributed by atoms with van der Waals surface area (Å²) in [5, 5.41) is 1.88. The molecule has 1 unspecified atom stereocenters. The molecule has 19 heavy (non-hydrogen) atoms. The van der Waals surface area contributed by atoms with E-state index in [-0.39, 0.29) is 6.10 Å².